The zero-order chi connectivity index (χ0) is 21.0. The van der Waals surface area contributed by atoms with E-state index in [0.717, 1.165) is 12.8 Å². The number of nitrogens with zero attached hydrogens (tertiary/aromatic N) is 1. The number of hydrogen-bond acceptors (Lipinski definition) is 5. The minimum Gasteiger partial charge on any atom is -0.493 e. The van der Waals surface area contributed by atoms with Gasteiger partial charge in [0.25, 0.3) is 0 Å². The zero-order valence-electron chi connectivity index (χ0n) is 16.9. The van der Waals surface area contributed by atoms with E-state index in [0.29, 0.717) is 43.1 Å². The molecular weight excluding hydrogens is 377 g/mol. The highest BCUT2D eigenvalue weighted by atomic mass is 19.1. The van der Waals surface area contributed by atoms with Crippen LogP contribution in [0.15, 0.2) is 34.7 Å². The minimum absolute atomic E-state index is 0.171. The quantitative estimate of drug-likeness (QED) is 0.663. The fourth-order valence-electron chi connectivity index (χ4n) is 3.20. The first kappa shape index (κ1) is 20.9. The van der Waals surface area contributed by atoms with E-state index in [4.69, 9.17) is 13.9 Å². The van der Waals surface area contributed by atoms with Crippen molar-refractivity contribution in [3.63, 3.8) is 0 Å². The molecule has 6 nitrogen and oxygen atoms in total. The lowest BCUT2D eigenvalue weighted by Gasteiger charge is -2.33. The topological polar surface area (TPSA) is 69.0 Å². The Morgan fingerprint density at radius 2 is 1.97 bits per heavy atom. The Hall–Kier alpha value is -2.83. The first-order valence-electron chi connectivity index (χ1n) is 9.71. The summed E-state index contributed by atoms with van der Waals surface area (Å²) in [5, 5.41) is 0. The molecule has 0 aliphatic carbocycles. The van der Waals surface area contributed by atoms with Crippen molar-refractivity contribution in [2.24, 2.45) is 5.92 Å². The number of piperidine rings is 1. The lowest BCUT2D eigenvalue weighted by atomic mass is 9.98. The van der Waals surface area contributed by atoms with E-state index in [1.54, 1.807) is 17.0 Å². The average Bonchev–Trinajstić information content (AvgIpc) is 3.15. The molecule has 0 unspecified atom stereocenters. The fraction of sp³-hybridized carbons (Fsp3) is 0.455. The molecule has 0 N–H and O–H groups in total. The third-order valence-electron chi connectivity index (χ3n) is 4.69. The van der Waals surface area contributed by atoms with Gasteiger partial charge in [0.1, 0.15) is 22.9 Å². The molecule has 0 radical (unpaired) electrons. The summed E-state index contributed by atoms with van der Waals surface area (Å²) in [5.41, 5.74) is -0.0460. The van der Waals surface area contributed by atoms with Gasteiger partial charge in [-0.15, -0.1) is 0 Å². The van der Waals surface area contributed by atoms with Crippen LogP contribution in [0.4, 0.5) is 9.18 Å². The number of furan rings is 1. The number of carbonyl (C=O) groups excluding carboxylic acids is 2. The molecule has 1 amide bonds. The third-order valence-corrected chi connectivity index (χ3v) is 4.69. The van der Waals surface area contributed by atoms with Crippen LogP contribution in [0.25, 0.3) is 11.3 Å². The standard InChI is InChI=1S/C22H26FNO5/c1-22(2,3)29-21(26)24-10-8-15(9-11-24)14-27-19-6-4-16(23)12-18(19)20-7-5-17(13-25)28-20/h4-7,12-13,15H,8-11,14H2,1-3H3. The summed E-state index contributed by atoms with van der Waals surface area (Å²) in [6.45, 7) is 7.22. The second-order valence-electron chi connectivity index (χ2n) is 8.18. The molecule has 1 aliphatic heterocycles. The molecular formula is C22H26FNO5. The molecule has 0 atom stereocenters. The van der Waals surface area contributed by atoms with Crippen LogP contribution in [0.3, 0.4) is 0 Å². The fourth-order valence-corrected chi connectivity index (χ4v) is 3.20. The highest BCUT2D eigenvalue weighted by Crippen LogP contribution is 2.33. The van der Waals surface area contributed by atoms with Crippen molar-refractivity contribution in [3.8, 4) is 17.1 Å². The monoisotopic (exact) mass is 403 g/mol. The zero-order valence-corrected chi connectivity index (χ0v) is 16.9. The molecule has 1 aromatic carbocycles. The summed E-state index contributed by atoms with van der Waals surface area (Å²) >= 11 is 0. The first-order valence-corrected chi connectivity index (χ1v) is 9.71. The van der Waals surface area contributed by atoms with Crippen LogP contribution in [0, 0.1) is 11.7 Å². The Kier molecular flexibility index (Phi) is 6.25. The molecule has 2 heterocycles. The average molecular weight is 403 g/mol. The number of benzene rings is 1. The largest absolute Gasteiger partial charge is 0.493 e. The number of likely N-dealkylation sites (tertiary alicyclic amines) is 1. The van der Waals surface area contributed by atoms with Gasteiger partial charge in [-0.25, -0.2) is 9.18 Å². The Labute approximate surface area is 169 Å². The van der Waals surface area contributed by atoms with Gasteiger partial charge in [-0.1, -0.05) is 0 Å². The highest BCUT2D eigenvalue weighted by molar-refractivity contribution is 5.74. The molecule has 1 aromatic heterocycles. The lowest BCUT2D eigenvalue weighted by Crippen LogP contribution is -2.42. The van der Waals surface area contributed by atoms with Gasteiger partial charge < -0.3 is 18.8 Å². The number of rotatable bonds is 5. The van der Waals surface area contributed by atoms with Gasteiger partial charge in [0.15, 0.2) is 12.0 Å². The van der Waals surface area contributed by atoms with Gasteiger partial charge in [-0.2, -0.15) is 0 Å². The van der Waals surface area contributed by atoms with Crippen molar-refractivity contribution < 1.29 is 27.9 Å². The van der Waals surface area contributed by atoms with Crippen LogP contribution < -0.4 is 4.74 Å². The minimum atomic E-state index is -0.508. The third kappa shape index (κ3) is 5.59. The van der Waals surface area contributed by atoms with E-state index in [9.17, 15) is 14.0 Å². The van der Waals surface area contributed by atoms with Crippen molar-refractivity contribution >= 4 is 12.4 Å². The summed E-state index contributed by atoms with van der Waals surface area (Å²) in [6, 6.07) is 7.36. The summed E-state index contributed by atoms with van der Waals surface area (Å²) in [5.74, 6) is 0.898. The number of halogens is 1. The van der Waals surface area contributed by atoms with Crippen LogP contribution in [0.2, 0.25) is 0 Å². The molecule has 0 saturated carbocycles. The van der Waals surface area contributed by atoms with E-state index >= 15 is 0 Å². The normalized spacial score (nSPS) is 15.2. The maximum atomic E-state index is 13.7. The van der Waals surface area contributed by atoms with Gasteiger partial charge in [0, 0.05) is 13.1 Å². The number of aldehydes is 1. The van der Waals surface area contributed by atoms with Gasteiger partial charge in [-0.3, -0.25) is 4.79 Å². The van der Waals surface area contributed by atoms with Gasteiger partial charge in [0.05, 0.1) is 12.2 Å². The van der Waals surface area contributed by atoms with E-state index in [1.165, 1.54) is 18.2 Å². The van der Waals surface area contributed by atoms with Crippen molar-refractivity contribution in [1.82, 2.24) is 4.90 Å². The van der Waals surface area contributed by atoms with Crippen LogP contribution in [-0.4, -0.2) is 42.6 Å². The molecule has 29 heavy (non-hydrogen) atoms. The molecule has 0 bridgehead atoms. The second kappa shape index (κ2) is 8.68. The van der Waals surface area contributed by atoms with Crippen LogP contribution in [0.1, 0.15) is 44.2 Å². The number of hydrogen-bond donors (Lipinski definition) is 0. The maximum absolute atomic E-state index is 13.7. The summed E-state index contributed by atoms with van der Waals surface area (Å²) in [7, 11) is 0. The predicted octanol–water partition coefficient (Wildman–Crippen LogP) is 4.92. The van der Waals surface area contributed by atoms with Crippen molar-refractivity contribution in [2.75, 3.05) is 19.7 Å². The summed E-state index contributed by atoms with van der Waals surface area (Å²) in [4.78, 5) is 24.7. The molecule has 2 aromatic rings. The van der Waals surface area contributed by atoms with E-state index in [-0.39, 0.29) is 17.8 Å². The van der Waals surface area contributed by atoms with Crippen molar-refractivity contribution in [2.45, 2.75) is 39.2 Å². The molecule has 7 heteroatoms. The molecule has 3 rings (SSSR count). The van der Waals surface area contributed by atoms with Crippen LogP contribution in [-0.2, 0) is 4.74 Å². The van der Waals surface area contributed by atoms with Gasteiger partial charge >= 0.3 is 6.09 Å². The Bertz CT molecular complexity index is 862. The highest BCUT2D eigenvalue weighted by Gasteiger charge is 2.27. The smallest absolute Gasteiger partial charge is 0.410 e. The number of ether oxygens (including phenoxy) is 2. The predicted molar refractivity (Wildman–Crippen MR) is 106 cm³/mol. The summed E-state index contributed by atoms with van der Waals surface area (Å²) in [6.07, 6.45) is 1.90. The van der Waals surface area contributed by atoms with Crippen molar-refractivity contribution in [3.05, 3.63) is 41.9 Å². The number of amides is 1. The van der Waals surface area contributed by atoms with Crippen LogP contribution in [0.5, 0.6) is 5.75 Å². The van der Waals surface area contributed by atoms with E-state index in [1.807, 2.05) is 20.8 Å². The molecule has 1 saturated heterocycles. The van der Waals surface area contributed by atoms with E-state index in [2.05, 4.69) is 0 Å². The Morgan fingerprint density at radius 1 is 1.24 bits per heavy atom. The molecule has 0 spiro atoms. The van der Waals surface area contributed by atoms with Gasteiger partial charge in [-0.05, 0) is 69.9 Å². The lowest BCUT2D eigenvalue weighted by molar-refractivity contribution is 0.0165. The van der Waals surface area contributed by atoms with Crippen LogP contribution >= 0.6 is 0 Å². The molecule has 1 aliphatic rings. The Balaban J connectivity index is 1.59. The number of carbonyl (C=O) groups is 2. The molecule has 156 valence electrons. The van der Waals surface area contributed by atoms with Gasteiger partial charge in [0.2, 0.25) is 0 Å². The summed E-state index contributed by atoms with van der Waals surface area (Å²) < 4.78 is 30.5. The second-order valence-corrected chi connectivity index (χ2v) is 8.18. The Morgan fingerprint density at radius 3 is 2.59 bits per heavy atom. The van der Waals surface area contributed by atoms with E-state index < -0.39 is 11.4 Å². The SMILES string of the molecule is CC(C)(C)OC(=O)N1CCC(COc2ccc(F)cc2-c2ccc(C=O)o2)CC1. The van der Waals surface area contributed by atoms with Crippen molar-refractivity contribution in [1.29, 1.82) is 0 Å². The first-order chi connectivity index (χ1) is 13.7. The molecule has 1 fully saturated rings. The maximum Gasteiger partial charge on any atom is 0.410 e.